The van der Waals surface area contributed by atoms with E-state index < -0.39 is 9.84 Å². The molecular weight excluding hydrogens is 432 g/mol. The van der Waals surface area contributed by atoms with Gasteiger partial charge in [0.15, 0.2) is 15.0 Å². The van der Waals surface area contributed by atoms with Crippen LogP contribution in [0.25, 0.3) is 0 Å². The first kappa shape index (κ1) is 20.4. The Morgan fingerprint density at radius 2 is 1.77 bits per heavy atom. The summed E-state index contributed by atoms with van der Waals surface area (Å²) < 4.78 is 23.5. The number of aliphatic imine (C=N–C) groups is 1. The number of anilines is 2. The molecule has 2 atom stereocenters. The van der Waals surface area contributed by atoms with Crippen molar-refractivity contribution in [2.75, 3.05) is 47.9 Å². The average Bonchev–Trinajstić information content (AvgIpc) is 3.26. The van der Waals surface area contributed by atoms with Gasteiger partial charge in [-0.3, -0.25) is 9.79 Å². The molecule has 2 aromatic carbocycles. The molecule has 0 saturated carbocycles. The van der Waals surface area contributed by atoms with Crippen LogP contribution >= 0.6 is 11.8 Å². The zero-order chi connectivity index (χ0) is 21.4. The van der Waals surface area contributed by atoms with Gasteiger partial charge in [-0.15, -0.1) is 0 Å². The number of rotatable bonds is 3. The van der Waals surface area contributed by atoms with Crippen LogP contribution in [-0.2, 0) is 9.84 Å². The van der Waals surface area contributed by atoms with Gasteiger partial charge in [0.05, 0.1) is 17.5 Å². The SMILES string of the molecule is O=C(c1cccc(NC2=N[C@@H]3CS(=O)(=O)C[C@H]3S2)c1)N1CCN(c2ccccc2)CC1. The molecular formula is C22H24N4O3S2. The van der Waals surface area contributed by atoms with Crippen LogP contribution in [0.15, 0.2) is 59.6 Å². The van der Waals surface area contributed by atoms with Gasteiger partial charge in [0, 0.05) is 48.4 Å². The van der Waals surface area contributed by atoms with Gasteiger partial charge in [-0.25, -0.2) is 8.42 Å². The molecule has 31 heavy (non-hydrogen) atoms. The lowest BCUT2D eigenvalue weighted by Gasteiger charge is -2.36. The van der Waals surface area contributed by atoms with E-state index in [0.717, 1.165) is 23.9 Å². The first-order valence-corrected chi connectivity index (χ1v) is 13.1. The summed E-state index contributed by atoms with van der Waals surface area (Å²) in [5.41, 5.74) is 2.63. The van der Waals surface area contributed by atoms with Crippen LogP contribution in [0, 0.1) is 0 Å². The molecule has 3 heterocycles. The molecule has 0 radical (unpaired) electrons. The Morgan fingerprint density at radius 1 is 1.00 bits per heavy atom. The first-order valence-electron chi connectivity index (χ1n) is 10.4. The van der Waals surface area contributed by atoms with Crippen LogP contribution in [0.3, 0.4) is 0 Å². The third kappa shape index (κ3) is 4.43. The predicted octanol–water partition coefficient (Wildman–Crippen LogP) is 2.33. The molecule has 2 fully saturated rings. The quantitative estimate of drug-likeness (QED) is 0.764. The number of hydrogen-bond donors (Lipinski definition) is 1. The van der Waals surface area contributed by atoms with Gasteiger partial charge in [-0.2, -0.15) is 0 Å². The molecule has 2 saturated heterocycles. The zero-order valence-corrected chi connectivity index (χ0v) is 18.6. The highest BCUT2D eigenvalue weighted by Crippen LogP contribution is 2.34. The maximum Gasteiger partial charge on any atom is 0.254 e. The third-order valence-electron chi connectivity index (χ3n) is 5.87. The fourth-order valence-corrected chi connectivity index (χ4v) is 7.93. The van der Waals surface area contributed by atoms with Gasteiger partial charge in [0.25, 0.3) is 5.91 Å². The molecule has 3 aliphatic heterocycles. The van der Waals surface area contributed by atoms with Crippen molar-refractivity contribution in [2.45, 2.75) is 11.3 Å². The van der Waals surface area contributed by atoms with Gasteiger partial charge in [-0.1, -0.05) is 36.0 Å². The van der Waals surface area contributed by atoms with Crippen molar-refractivity contribution in [3.8, 4) is 0 Å². The van der Waals surface area contributed by atoms with Crippen molar-refractivity contribution >= 4 is 44.0 Å². The molecule has 3 aliphatic rings. The molecule has 1 N–H and O–H groups in total. The monoisotopic (exact) mass is 456 g/mol. The Morgan fingerprint density at radius 3 is 2.52 bits per heavy atom. The number of amides is 1. The van der Waals surface area contributed by atoms with Gasteiger partial charge < -0.3 is 15.1 Å². The van der Waals surface area contributed by atoms with Crippen molar-refractivity contribution < 1.29 is 13.2 Å². The molecule has 162 valence electrons. The lowest BCUT2D eigenvalue weighted by molar-refractivity contribution is 0.0747. The molecule has 0 bridgehead atoms. The van der Waals surface area contributed by atoms with Crippen molar-refractivity contribution in [1.82, 2.24) is 4.90 Å². The second kappa shape index (κ2) is 8.20. The molecule has 2 aromatic rings. The number of nitrogens with zero attached hydrogens (tertiary/aromatic N) is 3. The minimum atomic E-state index is -2.96. The maximum atomic E-state index is 13.0. The number of carbonyl (C=O) groups excluding carboxylic acids is 1. The molecule has 9 heteroatoms. The molecule has 1 amide bonds. The third-order valence-corrected chi connectivity index (χ3v) is 9.01. The van der Waals surface area contributed by atoms with Crippen LogP contribution in [-0.4, -0.2) is 73.4 Å². The minimum absolute atomic E-state index is 0.00164. The molecule has 0 unspecified atom stereocenters. The molecule has 0 aromatic heterocycles. The highest BCUT2D eigenvalue weighted by atomic mass is 32.2. The molecule has 0 aliphatic carbocycles. The number of thioether (sulfide) groups is 1. The van der Waals surface area contributed by atoms with E-state index in [1.807, 2.05) is 47.4 Å². The summed E-state index contributed by atoms with van der Waals surface area (Å²) >= 11 is 1.48. The van der Waals surface area contributed by atoms with Crippen LogP contribution in [0.5, 0.6) is 0 Å². The predicted molar refractivity (Wildman–Crippen MR) is 126 cm³/mol. The number of fused-ring (bicyclic) bond motifs is 1. The summed E-state index contributed by atoms with van der Waals surface area (Å²) in [6, 6.07) is 17.5. The number of para-hydroxylation sites is 1. The highest BCUT2D eigenvalue weighted by Gasteiger charge is 2.42. The fraction of sp³-hybridized carbons (Fsp3) is 0.364. The van der Waals surface area contributed by atoms with Crippen molar-refractivity contribution in [1.29, 1.82) is 0 Å². The number of amidine groups is 1. The van der Waals surface area contributed by atoms with E-state index in [-0.39, 0.29) is 28.7 Å². The van der Waals surface area contributed by atoms with Crippen LogP contribution in [0.2, 0.25) is 0 Å². The topological polar surface area (TPSA) is 82.1 Å². The summed E-state index contributed by atoms with van der Waals surface area (Å²) in [5, 5.41) is 3.99. The normalized spacial score (nSPS) is 24.6. The minimum Gasteiger partial charge on any atom is -0.368 e. The van der Waals surface area contributed by atoms with Gasteiger partial charge in [0.1, 0.15) is 0 Å². The van der Waals surface area contributed by atoms with Crippen molar-refractivity contribution in [2.24, 2.45) is 4.99 Å². The fourth-order valence-electron chi connectivity index (χ4n) is 4.26. The smallest absolute Gasteiger partial charge is 0.254 e. The zero-order valence-electron chi connectivity index (χ0n) is 17.0. The van der Waals surface area contributed by atoms with Gasteiger partial charge in [0.2, 0.25) is 0 Å². The molecule has 7 nitrogen and oxygen atoms in total. The Kier molecular flexibility index (Phi) is 5.39. The Labute approximate surface area is 186 Å². The van der Waals surface area contributed by atoms with E-state index in [4.69, 9.17) is 0 Å². The van der Waals surface area contributed by atoms with Crippen LogP contribution in [0.1, 0.15) is 10.4 Å². The van der Waals surface area contributed by atoms with E-state index in [9.17, 15) is 13.2 Å². The highest BCUT2D eigenvalue weighted by molar-refractivity contribution is 8.15. The number of carbonyl (C=O) groups is 1. The molecule has 5 rings (SSSR count). The van der Waals surface area contributed by atoms with Crippen molar-refractivity contribution in [3.63, 3.8) is 0 Å². The van der Waals surface area contributed by atoms with E-state index in [0.29, 0.717) is 18.7 Å². The van der Waals surface area contributed by atoms with E-state index in [1.165, 1.54) is 17.4 Å². The number of nitrogens with one attached hydrogen (secondary N) is 1. The number of hydrogen-bond acceptors (Lipinski definition) is 7. The van der Waals surface area contributed by atoms with Gasteiger partial charge >= 0.3 is 0 Å². The lowest BCUT2D eigenvalue weighted by Crippen LogP contribution is -2.48. The van der Waals surface area contributed by atoms with Crippen LogP contribution < -0.4 is 10.2 Å². The summed E-state index contributed by atoms with van der Waals surface area (Å²) in [5.74, 6) is 0.341. The van der Waals surface area contributed by atoms with Crippen molar-refractivity contribution in [3.05, 3.63) is 60.2 Å². The molecule has 0 spiro atoms. The largest absolute Gasteiger partial charge is 0.368 e. The average molecular weight is 457 g/mol. The number of sulfone groups is 1. The second-order valence-corrected chi connectivity index (χ2v) is 11.4. The number of piperazine rings is 1. The summed E-state index contributed by atoms with van der Waals surface area (Å²) in [7, 11) is -2.96. The Balaban J connectivity index is 1.21. The Hall–Kier alpha value is -2.52. The summed E-state index contributed by atoms with van der Waals surface area (Å²) in [6.45, 7) is 3.00. The maximum absolute atomic E-state index is 13.0. The summed E-state index contributed by atoms with van der Waals surface area (Å²) in [6.07, 6.45) is 0. The lowest BCUT2D eigenvalue weighted by atomic mass is 10.1. The van der Waals surface area contributed by atoms with Gasteiger partial charge in [-0.05, 0) is 30.3 Å². The second-order valence-electron chi connectivity index (χ2n) is 8.06. The first-order chi connectivity index (χ1) is 15.0. The number of benzene rings is 2. The summed E-state index contributed by atoms with van der Waals surface area (Å²) in [4.78, 5) is 21.8. The van der Waals surface area contributed by atoms with E-state index >= 15 is 0 Å². The van der Waals surface area contributed by atoms with Crippen LogP contribution in [0.4, 0.5) is 11.4 Å². The van der Waals surface area contributed by atoms with E-state index in [1.54, 1.807) is 0 Å². The Bertz CT molecular complexity index is 1110. The van der Waals surface area contributed by atoms with E-state index in [2.05, 4.69) is 27.3 Å². The standard InChI is InChI=1S/C22H24N4O3S2/c27-21(26-11-9-25(10-12-26)18-7-2-1-3-8-18)16-5-4-6-17(13-16)23-22-24-19-14-31(28,29)15-20(19)30-22/h1-8,13,19-20H,9-12,14-15H2,(H,23,24)/t19-,20-/m1/s1.